The summed E-state index contributed by atoms with van der Waals surface area (Å²) in [7, 11) is 0. The minimum Gasteiger partial charge on any atom is -0.184 e. The first kappa shape index (κ1) is 14.6. The SMILES string of the molecule is C(=Nn1cnn2c(SCc3ccccc3)nnc12)c1ccccc1. The quantitative estimate of drug-likeness (QED) is 0.416. The molecule has 0 atom stereocenters. The van der Waals surface area contributed by atoms with Crippen LogP contribution in [0.5, 0.6) is 0 Å². The van der Waals surface area contributed by atoms with E-state index in [0.717, 1.165) is 16.5 Å². The molecule has 4 aromatic rings. The Balaban J connectivity index is 1.53. The third-order valence-corrected chi connectivity index (χ3v) is 4.41. The van der Waals surface area contributed by atoms with Gasteiger partial charge in [0, 0.05) is 5.75 Å². The van der Waals surface area contributed by atoms with Crippen molar-refractivity contribution in [3.63, 3.8) is 0 Å². The number of hydrogen-bond acceptors (Lipinski definition) is 5. The molecule has 0 saturated heterocycles. The van der Waals surface area contributed by atoms with Gasteiger partial charge in [-0.15, -0.1) is 10.2 Å². The van der Waals surface area contributed by atoms with Crippen molar-refractivity contribution >= 4 is 23.8 Å². The summed E-state index contributed by atoms with van der Waals surface area (Å²) in [6.07, 6.45) is 3.41. The minimum absolute atomic E-state index is 0.595. The van der Waals surface area contributed by atoms with Crippen LogP contribution in [0.3, 0.4) is 0 Å². The molecule has 4 rings (SSSR count). The third kappa shape index (κ3) is 3.07. The molecule has 0 aliphatic carbocycles. The van der Waals surface area contributed by atoms with Crippen molar-refractivity contribution in [2.24, 2.45) is 5.10 Å². The molecule has 0 bridgehead atoms. The lowest BCUT2D eigenvalue weighted by Gasteiger charge is -1.97. The Hall–Kier alpha value is -2.93. The molecule has 2 heterocycles. The molecule has 0 saturated carbocycles. The Bertz CT molecular complexity index is 959. The summed E-state index contributed by atoms with van der Waals surface area (Å²) in [5.41, 5.74) is 2.25. The smallest absolute Gasteiger partial charge is 0.184 e. The maximum Gasteiger partial charge on any atom is 0.275 e. The lowest BCUT2D eigenvalue weighted by molar-refractivity contribution is 0.815. The highest BCUT2D eigenvalue weighted by molar-refractivity contribution is 7.98. The van der Waals surface area contributed by atoms with Crippen LogP contribution in [0, 0.1) is 0 Å². The van der Waals surface area contributed by atoms with E-state index in [1.54, 1.807) is 33.5 Å². The topological polar surface area (TPSA) is 60.4 Å². The number of fused-ring (bicyclic) bond motifs is 1. The molecule has 0 fully saturated rings. The average Bonchev–Trinajstić information content (AvgIpc) is 3.22. The Labute approximate surface area is 142 Å². The molecule has 7 heteroatoms. The van der Waals surface area contributed by atoms with Crippen molar-refractivity contribution in [3.8, 4) is 0 Å². The molecule has 0 unspecified atom stereocenters. The third-order valence-electron chi connectivity index (χ3n) is 3.42. The monoisotopic (exact) mass is 334 g/mol. The van der Waals surface area contributed by atoms with E-state index in [9.17, 15) is 0 Å². The fraction of sp³-hybridized carbons (Fsp3) is 0.0588. The van der Waals surface area contributed by atoms with Gasteiger partial charge in [-0.2, -0.15) is 19.4 Å². The first-order chi connectivity index (χ1) is 11.9. The number of nitrogens with zero attached hydrogens (tertiary/aromatic N) is 6. The molecule has 24 heavy (non-hydrogen) atoms. The van der Waals surface area contributed by atoms with Gasteiger partial charge in [0.2, 0.25) is 5.16 Å². The number of benzene rings is 2. The highest BCUT2D eigenvalue weighted by atomic mass is 32.2. The van der Waals surface area contributed by atoms with E-state index in [0.29, 0.717) is 5.78 Å². The summed E-state index contributed by atoms with van der Waals surface area (Å²) < 4.78 is 3.32. The van der Waals surface area contributed by atoms with Crippen LogP contribution in [0.2, 0.25) is 0 Å². The summed E-state index contributed by atoms with van der Waals surface area (Å²) in [4.78, 5) is 0. The Morgan fingerprint density at radius 1 is 0.958 bits per heavy atom. The van der Waals surface area contributed by atoms with Gasteiger partial charge in [-0.1, -0.05) is 72.4 Å². The van der Waals surface area contributed by atoms with E-state index in [-0.39, 0.29) is 0 Å². The highest BCUT2D eigenvalue weighted by Gasteiger charge is 2.11. The normalized spacial score (nSPS) is 11.5. The zero-order valence-electron chi connectivity index (χ0n) is 12.7. The predicted octanol–water partition coefficient (Wildman–Crippen LogP) is 3.10. The van der Waals surface area contributed by atoms with E-state index < -0.39 is 0 Å². The van der Waals surface area contributed by atoms with Gasteiger partial charge in [0.25, 0.3) is 5.78 Å². The van der Waals surface area contributed by atoms with Crippen LogP contribution >= 0.6 is 11.8 Å². The molecule has 118 valence electrons. The van der Waals surface area contributed by atoms with Crippen molar-refractivity contribution in [2.75, 3.05) is 0 Å². The Morgan fingerprint density at radius 2 is 1.71 bits per heavy atom. The second-order valence-electron chi connectivity index (χ2n) is 5.10. The Kier molecular flexibility index (Phi) is 4.07. The van der Waals surface area contributed by atoms with Crippen molar-refractivity contribution in [2.45, 2.75) is 10.9 Å². The number of thioether (sulfide) groups is 1. The molecular weight excluding hydrogens is 320 g/mol. The standard InChI is InChI=1S/C17H14N6S/c1-3-7-14(8-4-1)11-18-22-13-19-23-16(22)20-21-17(23)24-12-15-9-5-2-6-10-15/h1-11,13H,12H2. The van der Waals surface area contributed by atoms with Crippen LogP contribution in [0.4, 0.5) is 0 Å². The van der Waals surface area contributed by atoms with E-state index >= 15 is 0 Å². The summed E-state index contributed by atoms with van der Waals surface area (Å²) in [6.45, 7) is 0. The van der Waals surface area contributed by atoms with E-state index in [4.69, 9.17) is 0 Å². The summed E-state index contributed by atoms with van der Waals surface area (Å²) >= 11 is 1.60. The van der Waals surface area contributed by atoms with Gasteiger partial charge in [0.1, 0.15) is 6.33 Å². The predicted molar refractivity (Wildman–Crippen MR) is 94.2 cm³/mol. The lowest BCUT2D eigenvalue weighted by Crippen LogP contribution is -1.91. The zero-order chi connectivity index (χ0) is 16.2. The molecule has 2 aromatic heterocycles. The molecule has 0 aliphatic heterocycles. The maximum absolute atomic E-state index is 4.39. The van der Waals surface area contributed by atoms with Crippen molar-refractivity contribution in [1.82, 2.24) is 24.5 Å². The van der Waals surface area contributed by atoms with Crippen LogP contribution in [-0.2, 0) is 5.75 Å². The second kappa shape index (κ2) is 6.67. The van der Waals surface area contributed by atoms with Crippen LogP contribution in [0.15, 0.2) is 77.2 Å². The summed E-state index contributed by atoms with van der Waals surface area (Å²) in [5.74, 6) is 1.42. The summed E-state index contributed by atoms with van der Waals surface area (Å²) in [6, 6.07) is 20.1. The Morgan fingerprint density at radius 3 is 2.50 bits per heavy atom. The van der Waals surface area contributed by atoms with E-state index in [2.05, 4.69) is 32.5 Å². The fourth-order valence-corrected chi connectivity index (χ4v) is 3.05. The van der Waals surface area contributed by atoms with Gasteiger partial charge in [-0.3, -0.25) is 0 Å². The molecular formula is C17H14N6S. The molecule has 0 radical (unpaired) electrons. The summed E-state index contributed by atoms with van der Waals surface area (Å²) in [5, 5.41) is 17.9. The van der Waals surface area contributed by atoms with Crippen molar-refractivity contribution in [1.29, 1.82) is 0 Å². The van der Waals surface area contributed by atoms with Gasteiger partial charge in [0.15, 0.2) is 0 Å². The second-order valence-corrected chi connectivity index (χ2v) is 6.04. The van der Waals surface area contributed by atoms with Gasteiger partial charge >= 0.3 is 0 Å². The largest absolute Gasteiger partial charge is 0.275 e. The number of aromatic nitrogens is 5. The zero-order valence-corrected chi connectivity index (χ0v) is 13.5. The molecule has 2 aromatic carbocycles. The fourth-order valence-electron chi connectivity index (χ4n) is 2.22. The van der Waals surface area contributed by atoms with Gasteiger partial charge < -0.3 is 0 Å². The molecule has 0 N–H and O–H groups in total. The van der Waals surface area contributed by atoms with Gasteiger partial charge in [-0.25, -0.2) is 0 Å². The first-order valence-electron chi connectivity index (χ1n) is 7.45. The van der Waals surface area contributed by atoms with Gasteiger partial charge in [0.05, 0.1) is 6.21 Å². The molecule has 0 spiro atoms. The van der Waals surface area contributed by atoms with Crippen LogP contribution in [0.25, 0.3) is 5.78 Å². The maximum atomic E-state index is 4.39. The van der Waals surface area contributed by atoms with Crippen LogP contribution in [0.1, 0.15) is 11.1 Å². The van der Waals surface area contributed by atoms with E-state index in [1.165, 1.54) is 5.56 Å². The number of rotatable bonds is 5. The highest BCUT2D eigenvalue weighted by Crippen LogP contribution is 2.20. The van der Waals surface area contributed by atoms with Gasteiger partial charge in [-0.05, 0) is 11.1 Å². The van der Waals surface area contributed by atoms with Crippen LogP contribution in [-0.4, -0.2) is 30.7 Å². The van der Waals surface area contributed by atoms with Crippen LogP contribution < -0.4 is 0 Å². The number of hydrogen-bond donors (Lipinski definition) is 0. The molecule has 6 nitrogen and oxygen atoms in total. The lowest BCUT2D eigenvalue weighted by atomic mass is 10.2. The molecule has 0 aliphatic rings. The van der Waals surface area contributed by atoms with Crippen molar-refractivity contribution in [3.05, 3.63) is 78.1 Å². The first-order valence-corrected chi connectivity index (χ1v) is 8.43. The average molecular weight is 334 g/mol. The minimum atomic E-state index is 0.595. The molecule has 0 amide bonds. The van der Waals surface area contributed by atoms with Crippen molar-refractivity contribution < 1.29 is 0 Å². The van der Waals surface area contributed by atoms with E-state index in [1.807, 2.05) is 48.5 Å².